The lowest BCUT2D eigenvalue weighted by atomic mass is 9.99. The second kappa shape index (κ2) is 5.01. The molecule has 0 aliphatic carbocycles. The summed E-state index contributed by atoms with van der Waals surface area (Å²) >= 11 is 0. The Morgan fingerprint density at radius 3 is 2.43 bits per heavy atom. The molecule has 1 rings (SSSR count). The minimum atomic E-state index is -1.19. The Morgan fingerprint density at radius 1 is 1.21 bits per heavy atom. The molecule has 0 radical (unpaired) electrons. The summed E-state index contributed by atoms with van der Waals surface area (Å²) in [5, 5.41) is 31.2. The van der Waals surface area contributed by atoms with Crippen LogP contribution in [0, 0.1) is 0 Å². The molecule has 5 atom stereocenters. The van der Waals surface area contributed by atoms with Crippen molar-refractivity contribution in [1.82, 2.24) is 5.32 Å². The van der Waals surface area contributed by atoms with Crippen LogP contribution in [0.1, 0.15) is 6.92 Å². The molecule has 1 saturated heterocycles. The van der Waals surface area contributed by atoms with Gasteiger partial charge in [-0.05, 0) is 6.92 Å². The van der Waals surface area contributed by atoms with Crippen LogP contribution in [-0.4, -0.2) is 59.1 Å². The van der Waals surface area contributed by atoms with Crippen LogP contribution in [0.15, 0.2) is 0 Å². The Labute approximate surface area is 82.7 Å². The minimum absolute atomic E-state index is 0.416. The fourth-order valence-electron chi connectivity index (χ4n) is 1.45. The lowest BCUT2D eigenvalue weighted by Crippen LogP contribution is -2.61. The Balaban J connectivity index is 2.52. The highest BCUT2D eigenvalue weighted by molar-refractivity contribution is 4.89. The maximum absolute atomic E-state index is 9.51. The summed E-state index contributed by atoms with van der Waals surface area (Å²) in [6.45, 7) is 2.54. The molecule has 0 saturated carbocycles. The maximum atomic E-state index is 9.51. The van der Waals surface area contributed by atoms with E-state index in [1.807, 2.05) is 0 Å². The fraction of sp³-hybridized carbons (Fsp3) is 1.00. The first-order valence-corrected chi connectivity index (χ1v) is 4.71. The lowest BCUT2D eigenvalue weighted by molar-refractivity contribution is -0.224. The average Bonchev–Trinajstić information content (AvgIpc) is 2.18. The summed E-state index contributed by atoms with van der Waals surface area (Å²) in [6.07, 6.45) is -4.56. The van der Waals surface area contributed by atoms with Gasteiger partial charge in [-0.15, -0.1) is 0 Å². The molecule has 6 nitrogen and oxygen atoms in total. The predicted octanol–water partition coefficient (Wildman–Crippen LogP) is -2.64. The van der Waals surface area contributed by atoms with E-state index in [0.29, 0.717) is 13.1 Å². The van der Waals surface area contributed by atoms with Gasteiger partial charge in [-0.3, -0.25) is 5.32 Å². The summed E-state index contributed by atoms with van der Waals surface area (Å²) < 4.78 is 5.26. The quantitative estimate of drug-likeness (QED) is 0.345. The molecule has 1 heterocycles. The summed E-state index contributed by atoms with van der Waals surface area (Å²) in [4.78, 5) is 0. The summed E-state index contributed by atoms with van der Waals surface area (Å²) in [7, 11) is 0. The molecule has 0 unspecified atom stereocenters. The molecule has 0 amide bonds. The number of aliphatic hydroxyl groups is 3. The van der Waals surface area contributed by atoms with E-state index in [2.05, 4.69) is 5.32 Å². The monoisotopic (exact) mass is 206 g/mol. The number of aliphatic hydroxyl groups excluding tert-OH is 3. The molecule has 1 aliphatic heterocycles. The molecule has 0 aromatic carbocycles. The predicted molar refractivity (Wildman–Crippen MR) is 49.4 cm³/mol. The van der Waals surface area contributed by atoms with Gasteiger partial charge >= 0.3 is 0 Å². The second-order valence-corrected chi connectivity index (χ2v) is 3.48. The molecule has 1 aliphatic rings. The van der Waals surface area contributed by atoms with E-state index < -0.39 is 30.6 Å². The largest absolute Gasteiger partial charge is 0.388 e. The zero-order chi connectivity index (χ0) is 10.7. The van der Waals surface area contributed by atoms with Gasteiger partial charge in [0.15, 0.2) is 0 Å². The van der Waals surface area contributed by atoms with E-state index in [0.717, 1.165) is 0 Å². The number of hydrogen-bond acceptors (Lipinski definition) is 6. The summed E-state index contributed by atoms with van der Waals surface area (Å²) in [5.74, 6) is 0. The van der Waals surface area contributed by atoms with Crippen LogP contribution in [0.2, 0.25) is 0 Å². The lowest BCUT2D eigenvalue weighted by Gasteiger charge is -2.39. The molecule has 6 heteroatoms. The van der Waals surface area contributed by atoms with Crippen molar-refractivity contribution in [3.05, 3.63) is 0 Å². The van der Waals surface area contributed by atoms with Gasteiger partial charge < -0.3 is 25.8 Å². The van der Waals surface area contributed by atoms with Gasteiger partial charge in [0, 0.05) is 13.1 Å². The highest BCUT2D eigenvalue weighted by atomic mass is 16.5. The van der Waals surface area contributed by atoms with Crippen molar-refractivity contribution in [3.8, 4) is 0 Å². The van der Waals surface area contributed by atoms with Crippen molar-refractivity contribution in [1.29, 1.82) is 0 Å². The normalized spacial score (nSPS) is 43.9. The first-order chi connectivity index (χ1) is 6.57. The zero-order valence-corrected chi connectivity index (χ0v) is 8.13. The molecule has 14 heavy (non-hydrogen) atoms. The fourth-order valence-corrected chi connectivity index (χ4v) is 1.45. The van der Waals surface area contributed by atoms with Crippen LogP contribution in [0.5, 0.6) is 0 Å². The maximum Gasteiger partial charge on any atom is 0.137 e. The van der Waals surface area contributed by atoms with Crippen molar-refractivity contribution in [2.75, 3.05) is 13.1 Å². The van der Waals surface area contributed by atoms with Gasteiger partial charge in [-0.25, -0.2) is 0 Å². The highest BCUT2D eigenvalue weighted by Gasteiger charge is 2.41. The van der Waals surface area contributed by atoms with Gasteiger partial charge in [-0.2, -0.15) is 0 Å². The molecule has 0 spiro atoms. The van der Waals surface area contributed by atoms with Crippen molar-refractivity contribution < 1.29 is 20.1 Å². The third-order valence-electron chi connectivity index (χ3n) is 2.34. The molecule has 1 fully saturated rings. The van der Waals surface area contributed by atoms with Gasteiger partial charge in [0.25, 0.3) is 0 Å². The van der Waals surface area contributed by atoms with E-state index >= 15 is 0 Å². The molecular formula is C8H18N2O4. The van der Waals surface area contributed by atoms with Gasteiger partial charge in [0.1, 0.15) is 24.5 Å². The zero-order valence-electron chi connectivity index (χ0n) is 8.13. The van der Waals surface area contributed by atoms with Crippen LogP contribution < -0.4 is 11.1 Å². The van der Waals surface area contributed by atoms with Crippen molar-refractivity contribution in [2.45, 2.75) is 37.6 Å². The SMILES string of the molecule is C[C@H]1O[C@@H](NCCN)[C@@H](O)[C@@H](O)[C@H]1O. The Kier molecular flexibility index (Phi) is 4.24. The first kappa shape index (κ1) is 11.8. The van der Waals surface area contributed by atoms with E-state index in [4.69, 9.17) is 10.5 Å². The molecule has 84 valence electrons. The molecule has 0 aromatic heterocycles. The van der Waals surface area contributed by atoms with Gasteiger partial charge in [0.2, 0.25) is 0 Å². The summed E-state index contributed by atoms with van der Waals surface area (Å²) in [5.41, 5.74) is 5.28. The molecule has 0 bridgehead atoms. The average molecular weight is 206 g/mol. The molecule has 0 aromatic rings. The van der Waals surface area contributed by atoms with E-state index in [-0.39, 0.29) is 0 Å². The van der Waals surface area contributed by atoms with Crippen molar-refractivity contribution >= 4 is 0 Å². The van der Waals surface area contributed by atoms with Crippen LogP contribution in [0.3, 0.4) is 0 Å². The van der Waals surface area contributed by atoms with Crippen LogP contribution in [-0.2, 0) is 4.74 Å². The third-order valence-corrected chi connectivity index (χ3v) is 2.34. The minimum Gasteiger partial charge on any atom is -0.388 e. The first-order valence-electron chi connectivity index (χ1n) is 4.71. The third kappa shape index (κ3) is 2.41. The number of nitrogens with two attached hydrogens (primary N) is 1. The van der Waals surface area contributed by atoms with E-state index in [9.17, 15) is 15.3 Å². The van der Waals surface area contributed by atoms with Crippen molar-refractivity contribution in [3.63, 3.8) is 0 Å². The number of nitrogens with one attached hydrogen (secondary N) is 1. The van der Waals surface area contributed by atoms with Crippen LogP contribution >= 0.6 is 0 Å². The molecular weight excluding hydrogens is 188 g/mol. The van der Waals surface area contributed by atoms with Crippen LogP contribution in [0.25, 0.3) is 0 Å². The van der Waals surface area contributed by atoms with Crippen molar-refractivity contribution in [2.24, 2.45) is 5.73 Å². The Morgan fingerprint density at radius 2 is 1.86 bits per heavy atom. The van der Waals surface area contributed by atoms with Gasteiger partial charge in [-0.1, -0.05) is 0 Å². The number of ether oxygens (including phenoxy) is 1. The smallest absolute Gasteiger partial charge is 0.137 e. The van der Waals surface area contributed by atoms with E-state index in [1.54, 1.807) is 6.92 Å². The standard InChI is InChI=1S/C8H18N2O4/c1-4-5(11)6(12)7(13)8(14-4)10-3-2-9/h4-8,10-13H,2-3,9H2,1H3/t4-,5+,6+,7+,8-/m1/s1. The number of hydrogen-bond donors (Lipinski definition) is 5. The molecule has 6 N–H and O–H groups in total. The number of rotatable bonds is 3. The second-order valence-electron chi connectivity index (χ2n) is 3.48. The van der Waals surface area contributed by atoms with E-state index in [1.165, 1.54) is 0 Å². The highest BCUT2D eigenvalue weighted by Crippen LogP contribution is 2.19. The summed E-state index contributed by atoms with van der Waals surface area (Å²) in [6, 6.07) is 0. The van der Waals surface area contributed by atoms with Gasteiger partial charge in [0.05, 0.1) is 6.10 Å². The van der Waals surface area contributed by atoms with Crippen LogP contribution in [0.4, 0.5) is 0 Å². The topological polar surface area (TPSA) is 108 Å². The Hall–Kier alpha value is -0.240. The Bertz CT molecular complexity index is 181.